The summed E-state index contributed by atoms with van der Waals surface area (Å²) >= 11 is 0. The predicted molar refractivity (Wildman–Crippen MR) is 76.5 cm³/mol. The molecule has 0 spiro atoms. The fourth-order valence-electron chi connectivity index (χ4n) is 2.37. The molecule has 0 saturated carbocycles. The topological polar surface area (TPSA) is 44.1 Å². The molecule has 2 aromatic rings. The minimum absolute atomic E-state index is 0.0186. The van der Waals surface area contributed by atoms with E-state index in [1.165, 1.54) is 0 Å². The Hall–Kier alpha value is -2.86. The summed E-state index contributed by atoms with van der Waals surface area (Å²) in [6, 6.07) is 16.8. The van der Waals surface area contributed by atoms with Gasteiger partial charge in [0, 0.05) is 16.8 Å². The van der Waals surface area contributed by atoms with E-state index in [1.807, 2.05) is 36.4 Å². The first kappa shape index (κ1) is 12.2. The fraction of sp³-hybridized carbons (Fsp3) is 0.0588. The molecule has 3 nitrogen and oxygen atoms in total. The molecule has 3 rings (SSSR count). The summed E-state index contributed by atoms with van der Waals surface area (Å²) in [5, 5.41) is 8.79. The van der Waals surface area contributed by atoms with E-state index in [9.17, 15) is 4.79 Å². The zero-order valence-corrected chi connectivity index (χ0v) is 10.8. The molecule has 0 bridgehead atoms. The van der Waals surface area contributed by atoms with Gasteiger partial charge in [0.25, 0.3) is 5.91 Å². The van der Waals surface area contributed by atoms with Gasteiger partial charge in [-0.1, -0.05) is 36.9 Å². The minimum Gasteiger partial charge on any atom is -0.304 e. The third kappa shape index (κ3) is 1.88. The van der Waals surface area contributed by atoms with Crippen molar-refractivity contribution >= 4 is 11.6 Å². The van der Waals surface area contributed by atoms with E-state index in [-0.39, 0.29) is 5.91 Å². The molecular formula is C17H12N2O. The second-order valence-corrected chi connectivity index (χ2v) is 4.69. The van der Waals surface area contributed by atoms with Crippen LogP contribution in [-0.4, -0.2) is 10.8 Å². The summed E-state index contributed by atoms with van der Waals surface area (Å²) in [7, 11) is 0. The van der Waals surface area contributed by atoms with Crippen molar-refractivity contribution in [1.29, 1.82) is 5.26 Å². The number of carbonyl (C=O) groups is 1. The van der Waals surface area contributed by atoms with Gasteiger partial charge in [0.05, 0.1) is 18.2 Å². The van der Waals surface area contributed by atoms with Gasteiger partial charge in [-0.25, -0.2) is 0 Å². The molecule has 3 heteroatoms. The van der Waals surface area contributed by atoms with Gasteiger partial charge in [-0.3, -0.25) is 4.79 Å². The van der Waals surface area contributed by atoms with Gasteiger partial charge in [0.2, 0.25) is 0 Å². The highest BCUT2D eigenvalue weighted by molar-refractivity contribution is 6.08. The average molecular weight is 260 g/mol. The van der Waals surface area contributed by atoms with Gasteiger partial charge in [-0.05, 0) is 23.8 Å². The van der Waals surface area contributed by atoms with Crippen LogP contribution in [0.2, 0.25) is 0 Å². The van der Waals surface area contributed by atoms with Gasteiger partial charge in [-0.15, -0.1) is 0 Å². The minimum atomic E-state index is -0.0186. The van der Waals surface area contributed by atoms with Crippen LogP contribution in [0.5, 0.6) is 0 Å². The molecule has 0 aromatic heterocycles. The number of carbonyl (C=O) groups excluding carboxylic acids is 1. The van der Waals surface area contributed by atoms with E-state index in [0.29, 0.717) is 17.7 Å². The van der Waals surface area contributed by atoms with E-state index < -0.39 is 0 Å². The van der Waals surface area contributed by atoms with Crippen LogP contribution in [0.1, 0.15) is 27.0 Å². The first-order chi connectivity index (χ1) is 9.70. The Labute approximate surface area is 117 Å². The summed E-state index contributed by atoms with van der Waals surface area (Å²) in [5.41, 5.74) is 3.92. The molecule has 0 N–H and O–H groups in total. The Balaban J connectivity index is 1.88. The number of hydrogen-bond acceptors (Lipinski definition) is 2. The second kappa shape index (κ2) is 4.67. The first-order valence-electron chi connectivity index (χ1n) is 6.30. The lowest BCUT2D eigenvalue weighted by atomic mass is 10.1. The summed E-state index contributed by atoms with van der Waals surface area (Å²) < 4.78 is 0. The number of nitrogens with zero attached hydrogens (tertiary/aromatic N) is 2. The molecule has 1 amide bonds. The Morgan fingerprint density at radius 1 is 1.05 bits per heavy atom. The normalized spacial score (nSPS) is 13.2. The van der Waals surface area contributed by atoms with Crippen LogP contribution < -0.4 is 0 Å². The van der Waals surface area contributed by atoms with Gasteiger partial charge >= 0.3 is 0 Å². The molecule has 20 heavy (non-hydrogen) atoms. The third-order valence-electron chi connectivity index (χ3n) is 3.46. The molecule has 1 aliphatic rings. The number of hydrogen-bond donors (Lipinski definition) is 0. The zero-order valence-electron chi connectivity index (χ0n) is 10.8. The third-order valence-corrected chi connectivity index (χ3v) is 3.46. The van der Waals surface area contributed by atoms with Crippen LogP contribution in [0.25, 0.3) is 5.70 Å². The van der Waals surface area contributed by atoms with Gasteiger partial charge in [0.1, 0.15) is 0 Å². The quantitative estimate of drug-likeness (QED) is 0.832. The highest BCUT2D eigenvalue weighted by atomic mass is 16.2. The average Bonchev–Trinajstić information content (AvgIpc) is 2.74. The highest BCUT2D eigenvalue weighted by Crippen LogP contribution is 2.32. The van der Waals surface area contributed by atoms with Crippen molar-refractivity contribution in [2.45, 2.75) is 6.54 Å². The lowest BCUT2D eigenvalue weighted by Gasteiger charge is -2.17. The maximum Gasteiger partial charge on any atom is 0.259 e. The second-order valence-electron chi connectivity index (χ2n) is 4.69. The molecule has 0 radical (unpaired) electrons. The van der Waals surface area contributed by atoms with Crippen molar-refractivity contribution in [3.63, 3.8) is 0 Å². The van der Waals surface area contributed by atoms with E-state index in [4.69, 9.17) is 5.26 Å². The standard InChI is InChI=1S/C17H12N2O/c1-12-15-4-2-3-5-16(15)17(20)19(12)11-14-8-6-13(10-18)7-9-14/h2-9H,1,11H2. The van der Waals surface area contributed by atoms with Crippen molar-refractivity contribution < 1.29 is 4.79 Å². The lowest BCUT2D eigenvalue weighted by Crippen LogP contribution is -2.22. The molecular weight excluding hydrogens is 248 g/mol. The molecule has 1 aliphatic heterocycles. The molecule has 0 atom stereocenters. The van der Waals surface area contributed by atoms with E-state index in [0.717, 1.165) is 16.8 Å². The number of amides is 1. The number of fused-ring (bicyclic) bond motifs is 1. The van der Waals surface area contributed by atoms with Gasteiger partial charge < -0.3 is 4.90 Å². The smallest absolute Gasteiger partial charge is 0.259 e. The summed E-state index contributed by atoms with van der Waals surface area (Å²) in [4.78, 5) is 14.0. The van der Waals surface area contributed by atoms with Crippen LogP contribution in [0.3, 0.4) is 0 Å². The maximum atomic E-state index is 12.3. The van der Waals surface area contributed by atoms with E-state index >= 15 is 0 Å². The molecule has 0 saturated heterocycles. The Bertz CT molecular complexity index is 703. The molecule has 1 heterocycles. The fourth-order valence-corrected chi connectivity index (χ4v) is 2.37. The largest absolute Gasteiger partial charge is 0.304 e. The predicted octanol–water partition coefficient (Wildman–Crippen LogP) is 3.18. The summed E-state index contributed by atoms with van der Waals surface area (Å²) in [5.74, 6) is -0.0186. The highest BCUT2D eigenvalue weighted by Gasteiger charge is 2.30. The number of nitriles is 1. The Morgan fingerprint density at radius 3 is 2.30 bits per heavy atom. The summed E-state index contributed by atoms with van der Waals surface area (Å²) in [6.07, 6.45) is 0. The molecule has 0 unspecified atom stereocenters. The van der Waals surface area contributed by atoms with Crippen molar-refractivity contribution in [3.8, 4) is 6.07 Å². The maximum absolute atomic E-state index is 12.3. The van der Waals surface area contributed by atoms with E-state index in [1.54, 1.807) is 17.0 Å². The lowest BCUT2D eigenvalue weighted by molar-refractivity contribution is 0.0843. The molecule has 0 fully saturated rings. The van der Waals surface area contributed by atoms with Crippen molar-refractivity contribution in [3.05, 3.63) is 77.4 Å². The monoisotopic (exact) mass is 260 g/mol. The van der Waals surface area contributed by atoms with Crippen LogP contribution in [-0.2, 0) is 6.54 Å². The first-order valence-corrected chi connectivity index (χ1v) is 6.30. The van der Waals surface area contributed by atoms with Crippen LogP contribution in [0.15, 0.2) is 55.1 Å². The zero-order chi connectivity index (χ0) is 14.1. The molecule has 96 valence electrons. The Kier molecular flexibility index (Phi) is 2.85. The van der Waals surface area contributed by atoms with Crippen molar-refractivity contribution in [1.82, 2.24) is 4.90 Å². The van der Waals surface area contributed by atoms with Gasteiger partial charge in [-0.2, -0.15) is 5.26 Å². The van der Waals surface area contributed by atoms with Crippen molar-refractivity contribution in [2.75, 3.05) is 0 Å². The van der Waals surface area contributed by atoms with Crippen LogP contribution >= 0.6 is 0 Å². The SMILES string of the molecule is C=C1c2ccccc2C(=O)N1Cc1ccc(C#N)cc1. The number of rotatable bonds is 2. The Morgan fingerprint density at radius 2 is 1.70 bits per heavy atom. The van der Waals surface area contributed by atoms with E-state index in [2.05, 4.69) is 12.6 Å². The van der Waals surface area contributed by atoms with Crippen LogP contribution in [0, 0.1) is 11.3 Å². The van der Waals surface area contributed by atoms with Crippen molar-refractivity contribution in [2.24, 2.45) is 0 Å². The number of benzene rings is 2. The molecule has 0 aliphatic carbocycles. The summed E-state index contributed by atoms with van der Waals surface area (Å²) in [6.45, 7) is 4.48. The van der Waals surface area contributed by atoms with Crippen LogP contribution in [0.4, 0.5) is 0 Å². The van der Waals surface area contributed by atoms with Gasteiger partial charge in [0.15, 0.2) is 0 Å². The molecule has 2 aromatic carbocycles.